The van der Waals surface area contributed by atoms with Crippen LogP contribution in [0.15, 0.2) is 59.1 Å². The standard InChI is InChI=1S/C28H34N4O5/c1-18-9-7-8-10-22(18)32(25(34)16-15-24(33)29-23-17-19(2)37-31-23)26(27(35)30-28(3,4)5)20-11-13-21(36-6)14-12-20/h7-14,17,26H,15-16H2,1-6H3,(H,30,35)(H,29,31,33). The van der Waals surface area contributed by atoms with E-state index in [9.17, 15) is 14.4 Å². The zero-order valence-electron chi connectivity index (χ0n) is 22.1. The second kappa shape index (κ2) is 11.7. The number of anilines is 2. The van der Waals surface area contributed by atoms with Gasteiger partial charge in [-0.3, -0.25) is 19.3 Å². The molecule has 0 aliphatic heterocycles. The molecule has 1 heterocycles. The minimum absolute atomic E-state index is 0.0939. The molecule has 37 heavy (non-hydrogen) atoms. The number of carbonyl (C=O) groups is 3. The first-order valence-electron chi connectivity index (χ1n) is 12.1. The summed E-state index contributed by atoms with van der Waals surface area (Å²) in [6.45, 7) is 9.24. The Hall–Kier alpha value is -4.14. The molecule has 1 unspecified atom stereocenters. The molecule has 0 aliphatic rings. The van der Waals surface area contributed by atoms with E-state index in [2.05, 4.69) is 15.8 Å². The molecule has 0 aliphatic carbocycles. The third-order valence-electron chi connectivity index (χ3n) is 5.54. The highest BCUT2D eigenvalue weighted by molar-refractivity contribution is 6.03. The first-order chi connectivity index (χ1) is 17.5. The van der Waals surface area contributed by atoms with Gasteiger partial charge in [-0.25, -0.2) is 0 Å². The van der Waals surface area contributed by atoms with Gasteiger partial charge in [0.1, 0.15) is 17.6 Å². The summed E-state index contributed by atoms with van der Waals surface area (Å²) in [7, 11) is 1.56. The average molecular weight is 507 g/mol. The zero-order valence-corrected chi connectivity index (χ0v) is 22.1. The molecule has 3 amide bonds. The van der Waals surface area contributed by atoms with Crippen molar-refractivity contribution in [3.8, 4) is 5.75 Å². The minimum Gasteiger partial charge on any atom is -0.497 e. The molecule has 1 atom stereocenters. The number of carbonyl (C=O) groups excluding carboxylic acids is 3. The van der Waals surface area contributed by atoms with E-state index in [0.717, 1.165) is 5.56 Å². The molecule has 0 saturated heterocycles. The number of para-hydroxylation sites is 1. The van der Waals surface area contributed by atoms with Crippen LogP contribution >= 0.6 is 0 Å². The summed E-state index contributed by atoms with van der Waals surface area (Å²) >= 11 is 0. The summed E-state index contributed by atoms with van der Waals surface area (Å²) in [5.74, 6) is 0.386. The average Bonchev–Trinajstić information content (AvgIpc) is 3.24. The number of nitrogens with zero attached hydrogens (tertiary/aromatic N) is 2. The summed E-state index contributed by atoms with van der Waals surface area (Å²) in [4.78, 5) is 41.5. The summed E-state index contributed by atoms with van der Waals surface area (Å²) in [5.41, 5.74) is 1.49. The molecular formula is C28H34N4O5. The van der Waals surface area contributed by atoms with Crippen molar-refractivity contribution in [2.75, 3.05) is 17.3 Å². The molecule has 196 valence electrons. The number of hydrogen-bond donors (Lipinski definition) is 2. The van der Waals surface area contributed by atoms with Gasteiger partial charge in [-0.1, -0.05) is 35.5 Å². The van der Waals surface area contributed by atoms with Crippen LogP contribution in [0.1, 0.15) is 56.5 Å². The number of rotatable bonds is 9. The normalized spacial score (nSPS) is 11.9. The third kappa shape index (κ3) is 7.42. The summed E-state index contributed by atoms with van der Waals surface area (Å²) < 4.78 is 10.2. The van der Waals surface area contributed by atoms with Crippen molar-refractivity contribution >= 4 is 29.2 Å². The van der Waals surface area contributed by atoms with Crippen LogP contribution < -0.4 is 20.3 Å². The van der Waals surface area contributed by atoms with Crippen LogP contribution in [-0.4, -0.2) is 35.5 Å². The van der Waals surface area contributed by atoms with Crippen LogP contribution in [0.3, 0.4) is 0 Å². The zero-order chi connectivity index (χ0) is 27.2. The van der Waals surface area contributed by atoms with E-state index in [0.29, 0.717) is 22.8 Å². The quantitative estimate of drug-likeness (QED) is 0.435. The molecule has 2 aromatic carbocycles. The van der Waals surface area contributed by atoms with Gasteiger partial charge in [0.25, 0.3) is 0 Å². The predicted octanol–water partition coefficient (Wildman–Crippen LogP) is 4.71. The van der Waals surface area contributed by atoms with Gasteiger partial charge in [0.15, 0.2) is 5.82 Å². The Bertz CT molecular complexity index is 1240. The lowest BCUT2D eigenvalue weighted by Crippen LogP contribution is -2.49. The lowest BCUT2D eigenvalue weighted by molar-refractivity contribution is -0.128. The van der Waals surface area contributed by atoms with E-state index in [1.165, 1.54) is 4.90 Å². The van der Waals surface area contributed by atoms with Crippen molar-refractivity contribution in [2.24, 2.45) is 0 Å². The molecule has 9 heteroatoms. The Balaban J connectivity index is 1.97. The maximum atomic E-state index is 13.8. The molecule has 3 rings (SSSR count). The van der Waals surface area contributed by atoms with Gasteiger partial charge >= 0.3 is 0 Å². The Morgan fingerprint density at radius 2 is 1.70 bits per heavy atom. The van der Waals surface area contributed by atoms with Gasteiger partial charge < -0.3 is 19.9 Å². The fourth-order valence-electron chi connectivity index (χ4n) is 3.86. The number of aryl methyl sites for hydroxylation is 2. The fourth-order valence-corrected chi connectivity index (χ4v) is 3.86. The second-order valence-corrected chi connectivity index (χ2v) is 9.84. The van der Waals surface area contributed by atoms with E-state index in [4.69, 9.17) is 9.26 Å². The van der Waals surface area contributed by atoms with Crippen LogP contribution in [0.25, 0.3) is 0 Å². The van der Waals surface area contributed by atoms with Crippen molar-refractivity contribution in [2.45, 2.75) is 59.0 Å². The highest BCUT2D eigenvalue weighted by Crippen LogP contribution is 2.32. The van der Waals surface area contributed by atoms with E-state index < -0.39 is 11.6 Å². The molecule has 0 fully saturated rings. The molecule has 0 spiro atoms. The van der Waals surface area contributed by atoms with Crippen LogP contribution in [0.4, 0.5) is 11.5 Å². The smallest absolute Gasteiger partial charge is 0.248 e. The van der Waals surface area contributed by atoms with Gasteiger partial charge in [0.05, 0.1) is 7.11 Å². The maximum Gasteiger partial charge on any atom is 0.248 e. The van der Waals surface area contributed by atoms with E-state index in [-0.39, 0.29) is 36.4 Å². The van der Waals surface area contributed by atoms with Gasteiger partial charge in [-0.05, 0) is 63.9 Å². The number of methoxy groups -OCH3 is 1. The van der Waals surface area contributed by atoms with E-state index >= 15 is 0 Å². The number of benzene rings is 2. The number of aromatic nitrogens is 1. The topological polar surface area (TPSA) is 114 Å². The van der Waals surface area contributed by atoms with Crippen LogP contribution in [0.2, 0.25) is 0 Å². The van der Waals surface area contributed by atoms with Crippen molar-refractivity contribution in [3.05, 3.63) is 71.5 Å². The van der Waals surface area contributed by atoms with Crippen molar-refractivity contribution in [1.82, 2.24) is 10.5 Å². The monoisotopic (exact) mass is 506 g/mol. The lowest BCUT2D eigenvalue weighted by Gasteiger charge is -2.34. The lowest BCUT2D eigenvalue weighted by atomic mass is 9.99. The van der Waals surface area contributed by atoms with Gasteiger partial charge in [0, 0.05) is 30.1 Å². The number of amides is 3. The number of nitrogens with one attached hydrogen (secondary N) is 2. The molecule has 2 N–H and O–H groups in total. The van der Waals surface area contributed by atoms with Crippen LogP contribution in [-0.2, 0) is 14.4 Å². The van der Waals surface area contributed by atoms with Gasteiger partial charge in [-0.15, -0.1) is 0 Å². The van der Waals surface area contributed by atoms with Crippen molar-refractivity contribution in [3.63, 3.8) is 0 Å². The first-order valence-corrected chi connectivity index (χ1v) is 12.1. The highest BCUT2D eigenvalue weighted by Gasteiger charge is 2.35. The van der Waals surface area contributed by atoms with Crippen LogP contribution in [0, 0.1) is 13.8 Å². The summed E-state index contributed by atoms with van der Waals surface area (Å²) in [5, 5.41) is 9.39. The molecule has 3 aromatic rings. The molecule has 9 nitrogen and oxygen atoms in total. The second-order valence-electron chi connectivity index (χ2n) is 9.84. The molecular weight excluding hydrogens is 472 g/mol. The van der Waals surface area contributed by atoms with E-state index in [1.807, 2.05) is 45.9 Å². The summed E-state index contributed by atoms with van der Waals surface area (Å²) in [6.07, 6.45) is -0.213. The Kier molecular flexibility index (Phi) is 8.70. The summed E-state index contributed by atoms with van der Waals surface area (Å²) in [6, 6.07) is 15.0. The van der Waals surface area contributed by atoms with Crippen molar-refractivity contribution in [1.29, 1.82) is 0 Å². The fraction of sp³-hybridized carbons (Fsp3) is 0.357. The Morgan fingerprint density at radius 1 is 1.03 bits per heavy atom. The predicted molar refractivity (Wildman–Crippen MR) is 141 cm³/mol. The van der Waals surface area contributed by atoms with Gasteiger partial charge in [0.2, 0.25) is 17.7 Å². The third-order valence-corrected chi connectivity index (χ3v) is 5.54. The first kappa shape index (κ1) is 27.4. The van der Waals surface area contributed by atoms with E-state index in [1.54, 1.807) is 50.4 Å². The number of hydrogen-bond acceptors (Lipinski definition) is 6. The molecule has 1 aromatic heterocycles. The van der Waals surface area contributed by atoms with Gasteiger partial charge in [-0.2, -0.15) is 0 Å². The SMILES string of the molecule is COc1ccc(C(C(=O)NC(C)(C)C)N(C(=O)CCC(=O)Nc2cc(C)on2)c2ccccc2C)cc1. The Labute approximate surface area is 217 Å². The van der Waals surface area contributed by atoms with Crippen LogP contribution in [0.5, 0.6) is 5.75 Å². The number of ether oxygens (including phenoxy) is 1. The minimum atomic E-state index is -0.972. The maximum absolute atomic E-state index is 13.8. The molecule has 0 bridgehead atoms. The van der Waals surface area contributed by atoms with Crippen molar-refractivity contribution < 1.29 is 23.6 Å². The molecule has 0 saturated carbocycles. The largest absolute Gasteiger partial charge is 0.497 e. The Morgan fingerprint density at radius 3 is 2.27 bits per heavy atom. The highest BCUT2D eigenvalue weighted by atomic mass is 16.5. The molecule has 0 radical (unpaired) electrons.